The molecule has 10 heavy (non-hydrogen) atoms. The Kier molecular flexibility index (Phi) is 2.67. The first-order valence-corrected chi connectivity index (χ1v) is 3.59. The molecule has 0 unspecified atom stereocenters. The first-order valence-electron chi connectivity index (χ1n) is 3.59. The van der Waals surface area contributed by atoms with Gasteiger partial charge >= 0.3 is 0 Å². The SMILES string of the molecule is N#C[C@@H](N)C[C@H]1CCCO1. The summed E-state index contributed by atoms with van der Waals surface area (Å²) in [7, 11) is 0. The average Bonchev–Trinajstić information content (AvgIpc) is 2.40. The molecule has 0 aliphatic carbocycles. The molecule has 0 spiro atoms. The van der Waals surface area contributed by atoms with E-state index in [0.29, 0.717) is 6.42 Å². The van der Waals surface area contributed by atoms with Crippen LogP contribution >= 0.6 is 0 Å². The highest BCUT2D eigenvalue weighted by molar-refractivity contribution is 4.89. The Morgan fingerprint density at radius 2 is 2.60 bits per heavy atom. The number of hydrogen-bond acceptors (Lipinski definition) is 3. The van der Waals surface area contributed by atoms with Gasteiger partial charge in [0, 0.05) is 13.0 Å². The van der Waals surface area contributed by atoms with Gasteiger partial charge in [-0.15, -0.1) is 0 Å². The van der Waals surface area contributed by atoms with E-state index < -0.39 is 0 Å². The van der Waals surface area contributed by atoms with Crippen LogP contribution in [0.5, 0.6) is 0 Å². The van der Waals surface area contributed by atoms with E-state index in [1.165, 1.54) is 0 Å². The molecule has 0 radical (unpaired) electrons. The van der Waals surface area contributed by atoms with Crippen molar-refractivity contribution in [3.05, 3.63) is 0 Å². The summed E-state index contributed by atoms with van der Waals surface area (Å²) < 4.78 is 5.29. The van der Waals surface area contributed by atoms with Gasteiger partial charge in [-0.1, -0.05) is 0 Å². The molecule has 1 rings (SSSR count). The third-order valence-corrected chi connectivity index (χ3v) is 1.71. The topological polar surface area (TPSA) is 59.0 Å². The lowest BCUT2D eigenvalue weighted by atomic mass is 10.1. The number of nitrogens with zero attached hydrogens (tertiary/aromatic N) is 1. The molecule has 0 amide bonds. The van der Waals surface area contributed by atoms with Crippen molar-refractivity contribution in [3.63, 3.8) is 0 Å². The van der Waals surface area contributed by atoms with Crippen LogP contribution in [-0.2, 0) is 4.74 Å². The average molecular weight is 140 g/mol. The molecule has 3 nitrogen and oxygen atoms in total. The summed E-state index contributed by atoms with van der Waals surface area (Å²) in [4.78, 5) is 0. The van der Waals surface area contributed by atoms with Gasteiger partial charge in [-0.25, -0.2) is 0 Å². The van der Waals surface area contributed by atoms with Crippen LogP contribution in [0.25, 0.3) is 0 Å². The zero-order chi connectivity index (χ0) is 7.40. The molecule has 2 N–H and O–H groups in total. The smallest absolute Gasteiger partial charge is 0.0952 e. The Labute approximate surface area is 60.8 Å². The molecule has 3 heteroatoms. The first-order chi connectivity index (χ1) is 4.83. The van der Waals surface area contributed by atoms with E-state index in [2.05, 4.69) is 0 Å². The second kappa shape index (κ2) is 3.55. The summed E-state index contributed by atoms with van der Waals surface area (Å²) in [6, 6.07) is 1.65. The lowest BCUT2D eigenvalue weighted by molar-refractivity contribution is 0.102. The lowest BCUT2D eigenvalue weighted by Crippen LogP contribution is -2.23. The van der Waals surface area contributed by atoms with Crippen LogP contribution in [0.15, 0.2) is 0 Å². The predicted octanol–water partition coefficient (Wildman–Crippen LogP) is 0.406. The van der Waals surface area contributed by atoms with Gasteiger partial charge in [-0.3, -0.25) is 0 Å². The minimum Gasteiger partial charge on any atom is -0.378 e. The van der Waals surface area contributed by atoms with Gasteiger partial charge in [-0.05, 0) is 12.8 Å². The second-order valence-corrected chi connectivity index (χ2v) is 2.61. The number of rotatable bonds is 2. The van der Waals surface area contributed by atoms with E-state index in [1.807, 2.05) is 6.07 Å². The summed E-state index contributed by atoms with van der Waals surface area (Å²) in [5.41, 5.74) is 5.41. The van der Waals surface area contributed by atoms with Crippen LogP contribution in [0.3, 0.4) is 0 Å². The highest BCUT2D eigenvalue weighted by atomic mass is 16.5. The summed E-state index contributed by atoms with van der Waals surface area (Å²) >= 11 is 0. The fraction of sp³-hybridized carbons (Fsp3) is 0.857. The molecule has 0 aromatic heterocycles. The van der Waals surface area contributed by atoms with E-state index in [4.69, 9.17) is 15.7 Å². The summed E-state index contributed by atoms with van der Waals surface area (Å²) in [6.07, 6.45) is 3.11. The van der Waals surface area contributed by atoms with Crippen LogP contribution in [0.1, 0.15) is 19.3 Å². The molecule has 0 bridgehead atoms. The number of nitriles is 1. The normalized spacial score (nSPS) is 27.8. The fourth-order valence-corrected chi connectivity index (χ4v) is 1.17. The van der Waals surface area contributed by atoms with E-state index in [9.17, 15) is 0 Å². The fourth-order valence-electron chi connectivity index (χ4n) is 1.17. The maximum Gasteiger partial charge on any atom is 0.0952 e. The van der Waals surface area contributed by atoms with Gasteiger partial charge in [0.05, 0.1) is 18.2 Å². The third kappa shape index (κ3) is 1.98. The molecule has 2 atom stereocenters. The summed E-state index contributed by atoms with van der Waals surface area (Å²) in [5.74, 6) is 0. The van der Waals surface area contributed by atoms with E-state index >= 15 is 0 Å². The molecule has 1 saturated heterocycles. The summed E-state index contributed by atoms with van der Waals surface area (Å²) in [5, 5.41) is 8.36. The molecule has 0 aromatic rings. The zero-order valence-electron chi connectivity index (χ0n) is 5.92. The van der Waals surface area contributed by atoms with Crippen LogP contribution in [0.2, 0.25) is 0 Å². The largest absolute Gasteiger partial charge is 0.378 e. The lowest BCUT2D eigenvalue weighted by Gasteiger charge is -2.08. The Balaban J connectivity index is 2.19. The van der Waals surface area contributed by atoms with E-state index in [-0.39, 0.29) is 12.1 Å². The maximum atomic E-state index is 8.36. The molecule has 1 heterocycles. The van der Waals surface area contributed by atoms with Crippen molar-refractivity contribution in [2.24, 2.45) is 5.73 Å². The Morgan fingerprint density at radius 1 is 1.80 bits per heavy atom. The Morgan fingerprint density at radius 3 is 3.10 bits per heavy atom. The van der Waals surface area contributed by atoms with Crippen LogP contribution in [0.4, 0.5) is 0 Å². The van der Waals surface area contributed by atoms with Crippen LogP contribution in [0, 0.1) is 11.3 Å². The monoisotopic (exact) mass is 140 g/mol. The number of ether oxygens (including phenoxy) is 1. The van der Waals surface area contributed by atoms with Crippen molar-refractivity contribution < 1.29 is 4.74 Å². The molecule has 56 valence electrons. The number of nitrogens with two attached hydrogens (primary N) is 1. The van der Waals surface area contributed by atoms with Gasteiger partial charge in [0.15, 0.2) is 0 Å². The minimum absolute atomic E-state index is 0.245. The van der Waals surface area contributed by atoms with E-state index in [0.717, 1.165) is 19.4 Å². The van der Waals surface area contributed by atoms with E-state index in [1.54, 1.807) is 0 Å². The van der Waals surface area contributed by atoms with Crippen molar-refractivity contribution in [3.8, 4) is 6.07 Å². The maximum absolute atomic E-state index is 8.36. The predicted molar refractivity (Wildman–Crippen MR) is 37.2 cm³/mol. The minimum atomic E-state index is -0.344. The van der Waals surface area contributed by atoms with Crippen molar-refractivity contribution in [1.82, 2.24) is 0 Å². The Bertz CT molecular complexity index is 135. The molecular weight excluding hydrogens is 128 g/mol. The molecular formula is C7H12N2O. The van der Waals surface area contributed by atoms with Crippen molar-refractivity contribution in [2.75, 3.05) is 6.61 Å². The van der Waals surface area contributed by atoms with Gasteiger partial charge in [0.2, 0.25) is 0 Å². The molecule has 0 aromatic carbocycles. The van der Waals surface area contributed by atoms with Gasteiger partial charge < -0.3 is 10.5 Å². The summed E-state index contributed by atoms with van der Waals surface area (Å²) in [6.45, 7) is 0.836. The molecule has 1 aliphatic heterocycles. The van der Waals surface area contributed by atoms with Crippen molar-refractivity contribution >= 4 is 0 Å². The molecule has 1 aliphatic rings. The van der Waals surface area contributed by atoms with Gasteiger partial charge in [-0.2, -0.15) is 5.26 Å². The standard InChI is InChI=1S/C7H12N2O/c8-5-6(9)4-7-2-1-3-10-7/h6-7H,1-4,9H2/t6-,7+/m0/s1. The number of hydrogen-bond donors (Lipinski definition) is 1. The van der Waals surface area contributed by atoms with Crippen molar-refractivity contribution in [1.29, 1.82) is 5.26 Å². The molecule has 1 fully saturated rings. The highest BCUT2D eigenvalue weighted by Crippen LogP contribution is 2.15. The van der Waals surface area contributed by atoms with Crippen LogP contribution in [-0.4, -0.2) is 18.8 Å². The molecule has 0 saturated carbocycles. The van der Waals surface area contributed by atoms with Gasteiger partial charge in [0.25, 0.3) is 0 Å². The quantitative estimate of drug-likeness (QED) is 0.604. The Hall–Kier alpha value is -0.590. The first kappa shape index (κ1) is 7.52. The highest BCUT2D eigenvalue weighted by Gasteiger charge is 2.17. The second-order valence-electron chi connectivity index (χ2n) is 2.61. The third-order valence-electron chi connectivity index (χ3n) is 1.71. The van der Waals surface area contributed by atoms with Crippen LogP contribution < -0.4 is 5.73 Å². The van der Waals surface area contributed by atoms with Crippen molar-refractivity contribution in [2.45, 2.75) is 31.4 Å². The van der Waals surface area contributed by atoms with Gasteiger partial charge in [0.1, 0.15) is 0 Å². The zero-order valence-corrected chi connectivity index (χ0v) is 5.92.